The highest BCUT2D eigenvalue weighted by Gasteiger charge is 2.21. The maximum absolute atomic E-state index is 12.6. The van der Waals surface area contributed by atoms with Crippen molar-refractivity contribution >= 4 is 23.4 Å². The van der Waals surface area contributed by atoms with E-state index < -0.39 is 0 Å². The van der Waals surface area contributed by atoms with E-state index in [9.17, 15) is 4.79 Å². The molecule has 0 atom stereocenters. The Balaban J connectivity index is 1.43. The van der Waals surface area contributed by atoms with E-state index in [-0.39, 0.29) is 5.56 Å². The van der Waals surface area contributed by atoms with Crippen molar-refractivity contribution in [1.82, 2.24) is 24.1 Å². The Labute approximate surface area is 189 Å². The monoisotopic (exact) mass is 448 g/mol. The summed E-state index contributed by atoms with van der Waals surface area (Å²) >= 11 is 1.55. The highest BCUT2D eigenvalue weighted by atomic mass is 32.2. The van der Waals surface area contributed by atoms with Crippen LogP contribution in [0.5, 0.6) is 0 Å². The first-order chi connectivity index (χ1) is 15.7. The Kier molecular flexibility index (Phi) is 5.91. The zero-order valence-electron chi connectivity index (χ0n) is 17.8. The molecule has 9 heteroatoms. The minimum Gasteiger partial charge on any atom is -0.378 e. The van der Waals surface area contributed by atoms with Crippen molar-refractivity contribution in [1.29, 1.82) is 0 Å². The van der Waals surface area contributed by atoms with Crippen molar-refractivity contribution in [3.8, 4) is 0 Å². The van der Waals surface area contributed by atoms with Crippen LogP contribution in [0.25, 0.3) is 5.65 Å². The van der Waals surface area contributed by atoms with Gasteiger partial charge in [0.05, 0.1) is 25.5 Å². The van der Waals surface area contributed by atoms with Crippen molar-refractivity contribution in [2.24, 2.45) is 0 Å². The predicted octanol–water partition coefficient (Wildman–Crippen LogP) is 2.77. The van der Waals surface area contributed by atoms with E-state index in [1.165, 1.54) is 5.56 Å². The standard InChI is InChI=1S/C23H24N6O2S/c1-17-6-5-9-20-24-19(14-21(30)29(17)20)16-32-23-26-25-22(27-10-12-31-13-11-27)28(23)15-18-7-3-2-4-8-18/h2-9,14H,10-13,15-16H2,1H3. The van der Waals surface area contributed by atoms with Gasteiger partial charge in [-0.3, -0.25) is 13.8 Å². The van der Waals surface area contributed by atoms with Crippen LogP contribution in [-0.4, -0.2) is 50.5 Å². The second-order valence-electron chi connectivity index (χ2n) is 7.69. The number of anilines is 1. The van der Waals surface area contributed by atoms with Gasteiger partial charge in [-0.1, -0.05) is 48.2 Å². The maximum atomic E-state index is 12.6. The molecule has 0 amide bonds. The van der Waals surface area contributed by atoms with Crippen LogP contribution >= 0.6 is 11.8 Å². The van der Waals surface area contributed by atoms with Gasteiger partial charge in [0, 0.05) is 30.6 Å². The van der Waals surface area contributed by atoms with Crippen LogP contribution < -0.4 is 10.5 Å². The van der Waals surface area contributed by atoms with Crippen LogP contribution in [-0.2, 0) is 17.0 Å². The Morgan fingerprint density at radius 3 is 2.66 bits per heavy atom. The molecule has 1 saturated heterocycles. The molecule has 0 radical (unpaired) electrons. The molecule has 1 aliphatic rings. The third kappa shape index (κ3) is 4.26. The summed E-state index contributed by atoms with van der Waals surface area (Å²) in [5, 5.41) is 9.79. The molecule has 8 nitrogen and oxygen atoms in total. The fourth-order valence-electron chi connectivity index (χ4n) is 3.87. The number of hydrogen-bond acceptors (Lipinski definition) is 7. The Hall–Kier alpha value is -3.17. The summed E-state index contributed by atoms with van der Waals surface area (Å²) in [6.07, 6.45) is 0. The molecule has 1 fully saturated rings. The lowest BCUT2D eigenvalue weighted by Gasteiger charge is -2.28. The van der Waals surface area contributed by atoms with Gasteiger partial charge in [0.15, 0.2) is 5.16 Å². The van der Waals surface area contributed by atoms with E-state index in [1.54, 1.807) is 22.2 Å². The zero-order valence-corrected chi connectivity index (χ0v) is 18.7. The number of aromatic nitrogens is 5. The third-order valence-corrected chi connectivity index (χ3v) is 6.46. The number of benzene rings is 1. The van der Waals surface area contributed by atoms with Gasteiger partial charge in [0.25, 0.3) is 5.56 Å². The van der Waals surface area contributed by atoms with E-state index >= 15 is 0 Å². The Morgan fingerprint density at radius 2 is 1.84 bits per heavy atom. The molecule has 0 N–H and O–H groups in total. The first kappa shape index (κ1) is 20.7. The SMILES string of the molecule is Cc1cccc2nc(CSc3nnc(N4CCOCC4)n3Cc3ccccc3)cc(=O)n12. The fraction of sp³-hybridized carbons (Fsp3) is 0.304. The number of pyridine rings is 1. The molecule has 3 aromatic heterocycles. The van der Waals surface area contributed by atoms with Crippen molar-refractivity contribution in [2.45, 2.75) is 24.4 Å². The number of morpholine rings is 1. The van der Waals surface area contributed by atoms with Crippen molar-refractivity contribution in [3.63, 3.8) is 0 Å². The number of fused-ring (bicyclic) bond motifs is 1. The Bertz CT molecular complexity index is 1280. The van der Waals surface area contributed by atoms with E-state index in [1.807, 2.05) is 43.3 Å². The van der Waals surface area contributed by atoms with Gasteiger partial charge in [0.2, 0.25) is 5.95 Å². The molecule has 4 aromatic rings. The lowest BCUT2D eigenvalue weighted by molar-refractivity contribution is 0.121. The largest absolute Gasteiger partial charge is 0.378 e. The summed E-state index contributed by atoms with van der Waals surface area (Å²) in [4.78, 5) is 19.5. The molecule has 1 aliphatic heterocycles. The van der Waals surface area contributed by atoms with Crippen LogP contribution in [0.1, 0.15) is 17.0 Å². The molecule has 4 heterocycles. The number of ether oxygens (including phenoxy) is 1. The summed E-state index contributed by atoms with van der Waals surface area (Å²) in [6.45, 7) is 5.54. The van der Waals surface area contributed by atoms with E-state index in [2.05, 4.69) is 36.8 Å². The normalized spacial score (nSPS) is 14.2. The lowest BCUT2D eigenvalue weighted by atomic mass is 10.2. The maximum Gasteiger partial charge on any atom is 0.258 e. The van der Waals surface area contributed by atoms with Crippen LogP contribution in [0.3, 0.4) is 0 Å². The Morgan fingerprint density at radius 1 is 1.03 bits per heavy atom. The molecular weight excluding hydrogens is 424 g/mol. The fourth-order valence-corrected chi connectivity index (χ4v) is 4.69. The first-order valence-electron chi connectivity index (χ1n) is 10.6. The van der Waals surface area contributed by atoms with Crippen LogP contribution in [0.15, 0.2) is 64.5 Å². The average Bonchev–Trinajstić information content (AvgIpc) is 3.21. The second kappa shape index (κ2) is 9.13. The molecule has 0 spiro atoms. The summed E-state index contributed by atoms with van der Waals surface area (Å²) in [5.41, 5.74) is 3.38. The predicted molar refractivity (Wildman–Crippen MR) is 124 cm³/mol. The quantitative estimate of drug-likeness (QED) is 0.420. The second-order valence-corrected chi connectivity index (χ2v) is 8.63. The van der Waals surface area contributed by atoms with E-state index in [0.717, 1.165) is 35.6 Å². The van der Waals surface area contributed by atoms with Crippen molar-refractivity contribution < 1.29 is 4.74 Å². The number of aryl methyl sites for hydroxylation is 1. The minimum atomic E-state index is -0.0662. The summed E-state index contributed by atoms with van der Waals surface area (Å²) < 4.78 is 9.27. The van der Waals surface area contributed by atoms with Crippen LogP contribution in [0, 0.1) is 6.92 Å². The van der Waals surface area contributed by atoms with E-state index in [4.69, 9.17) is 4.74 Å². The molecular formula is C23H24N6O2S. The van der Waals surface area contributed by atoms with Crippen LogP contribution in [0.4, 0.5) is 5.95 Å². The van der Waals surface area contributed by atoms with Gasteiger partial charge in [-0.25, -0.2) is 4.98 Å². The van der Waals surface area contributed by atoms with Gasteiger partial charge < -0.3 is 9.64 Å². The molecule has 5 rings (SSSR count). The van der Waals surface area contributed by atoms with Gasteiger partial charge in [-0.05, 0) is 24.6 Å². The van der Waals surface area contributed by atoms with Gasteiger partial charge in [-0.2, -0.15) is 0 Å². The van der Waals surface area contributed by atoms with E-state index in [0.29, 0.717) is 31.2 Å². The lowest BCUT2D eigenvalue weighted by Crippen LogP contribution is -2.38. The first-order valence-corrected chi connectivity index (χ1v) is 11.6. The smallest absolute Gasteiger partial charge is 0.258 e. The number of thioether (sulfide) groups is 1. The number of nitrogens with zero attached hydrogens (tertiary/aromatic N) is 6. The molecule has 0 saturated carbocycles. The van der Waals surface area contributed by atoms with Crippen molar-refractivity contribution in [3.05, 3.63) is 81.9 Å². The van der Waals surface area contributed by atoms with Crippen molar-refractivity contribution in [2.75, 3.05) is 31.2 Å². The summed E-state index contributed by atoms with van der Waals surface area (Å²) in [7, 11) is 0. The van der Waals surface area contributed by atoms with Gasteiger partial charge in [-0.15, -0.1) is 10.2 Å². The topological polar surface area (TPSA) is 77.5 Å². The highest BCUT2D eigenvalue weighted by molar-refractivity contribution is 7.98. The summed E-state index contributed by atoms with van der Waals surface area (Å²) in [5.74, 6) is 1.39. The van der Waals surface area contributed by atoms with Gasteiger partial charge in [0.1, 0.15) is 5.65 Å². The molecule has 32 heavy (non-hydrogen) atoms. The molecule has 0 bridgehead atoms. The number of hydrogen-bond donors (Lipinski definition) is 0. The molecule has 1 aromatic carbocycles. The molecule has 164 valence electrons. The number of rotatable bonds is 6. The average molecular weight is 449 g/mol. The molecule has 0 aliphatic carbocycles. The summed E-state index contributed by atoms with van der Waals surface area (Å²) in [6, 6.07) is 17.6. The molecule has 0 unspecified atom stereocenters. The highest BCUT2D eigenvalue weighted by Crippen LogP contribution is 2.26. The zero-order chi connectivity index (χ0) is 21.9. The van der Waals surface area contributed by atoms with Gasteiger partial charge >= 0.3 is 0 Å². The third-order valence-electron chi connectivity index (χ3n) is 5.46. The van der Waals surface area contributed by atoms with Crippen LogP contribution in [0.2, 0.25) is 0 Å². The minimum absolute atomic E-state index is 0.0662.